The standard InChI is InChI=1S/C20H23N5O4/c1-2-3-14(19(28)29)23-17(26)12-7-4-11(5-8-12)6-9-13-10-22-16-15(13)18(27)25-20(21)24-16/h4-5,7-8,10,14H,2-3,6,9H2,1H3,(H,23,26)(H,28,29)(H4,21,22,24,25,27)/t14-/m0/s1. The third-order valence-corrected chi connectivity index (χ3v) is 4.72. The van der Waals surface area contributed by atoms with E-state index in [1.54, 1.807) is 18.3 Å². The zero-order valence-corrected chi connectivity index (χ0v) is 16.0. The number of H-pyrrole nitrogens is 2. The molecule has 0 spiro atoms. The van der Waals surface area contributed by atoms with Crippen molar-refractivity contribution in [2.45, 2.75) is 38.6 Å². The van der Waals surface area contributed by atoms with Gasteiger partial charge in [-0.25, -0.2) is 4.79 Å². The summed E-state index contributed by atoms with van der Waals surface area (Å²) in [7, 11) is 0. The van der Waals surface area contributed by atoms with Gasteiger partial charge in [-0.05, 0) is 42.5 Å². The van der Waals surface area contributed by atoms with Gasteiger partial charge in [-0.3, -0.25) is 14.6 Å². The molecule has 29 heavy (non-hydrogen) atoms. The van der Waals surface area contributed by atoms with Gasteiger partial charge in [0.1, 0.15) is 11.7 Å². The number of aromatic nitrogens is 3. The van der Waals surface area contributed by atoms with E-state index in [9.17, 15) is 14.4 Å². The van der Waals surface area contributed by atoms with E-state index in [-0.39, 0.29) is 11.5 Å². The van der Waals surface area contributed by atoms with Crippen LogP contribution >= 0.6 is 0 Å². The van der Waals surface area contributed by atoms with E-state index >= 15 is 0 Å². The second-order valence-electron chi connectivity index (χ2n) is 6.84. The maximum absolute atomic E-state index is 12.3. The van der Waals surface area contributed by atoms with Crippen molar-refractivity contribution in [2.75, 3.05) is 5.73 Å². The first-order valence-corrected chi connectivity index (χ1v) is 9.37. The number of carbonyl (C=O) groups is 2. The Hall–Kier alpha value is -3.62. The van der Waals surface area contributed by atoms with Crippen molar-refractivity contribution < 1.29 is 14.7 Å². The van der Waals surface area contributed by atoms with E-state index in [4.69, 9.17) is 10.8 Å². The molecule has 0 aliphatic carbocycles. The van der Waals surface area contributed by atoms with Crippen LogP contribution in [0.15, 0.2) is 35.3 Å². The molecule has 0 fully saturated rings. The van der Waals surface area contributed by atoms with Crippen LogP contribution in [-0.2, 0) is 17.6 Å². The lowest BCUT2D eigenvalue weighted by Crippen LogP contribution is -2.40. The Morgan fingerprint density at radius 2 is 1.97 bits per heavy atom. The van der Waals surface area contributed by atoms with Gasteiger partial charge in [0.05, 0.1) is 5.39 Å². The summed E-state index contributed by atoms with van der Waals surface area (Å²) >= 11 is 0. The molecule has 0 bridgehead atoms. The normalized spacial score (nSPS) is 12.0. The summed E-state index contributed by atoms with van der Waals surface area (Å²) in [5.41, 5.74) is 7.94. The number of nitrogens with two attached hydrogens (primary N) is 1. The van der Waals surface area contributed by atoms with Crippen LogP contribution in [0.4, 0.5) is 5.95 Å². The number of hydrogen-bond donors (Lipinski definition) is 5. The van der Waals surface area contributed by atoms with Crippen molar-refractivity contribution >= 4 is 28.9 Å². The van der Waals surface area contributed by atoms with Gasteiger partial charge in [0.2, 0.25) is 5.95 Å². The summed E-state index contributed by atoms with van der Waals surface area (Å²) < 4.78 is 0. The Morgan fingerprint density at radius 1 is 1.24 bits per heavy atom. The summed E-state index contributed by atoms with van der Waals surface area (Å²) in [5.74, 6) is -1.39. The number of benzene rings is 1. The van der Waals surface area contributed by atoms with Crippen LogP contribution in [0.25, 0.3) is 11.0 Å². The molecule has 2 heterocycles. The number of nitrogens with zero attached hydrogens (tertiary/aromatic N) is 1. The number of aliphatic carboxylic acids is 1. The number of aromatic amines is 2. The maximum atomic E-state index is 12.3. The number of carbonyl (C=O) groups excluding carboxylic acids is 1. The molecule has 9 nitrogen and oxygen atoms in total. The highest BCUT2D eigenvalue weighted by atomic mass is 16.4. The third kappa shape index (κ3) is 4.63. The number of aryl methyl sites for hydroxylation is 2. The number of carboxylic acids is 1. The first-order valence-electron chi connectivity index (χ1n) is 9.37. The van der Waals surface area contributed by atoms with Crippen molar-refractivity contribution in [3.05, 3.63) is 57.5 Å². The lowest BCUT2D eigenvalue weighted by atomic mass is 10.0. The average molecular weight is 397 g/mol. The molecular weight excluding hydrogens is 374 g/mol. The Bertz CT molecular complexity index is 1080. The van der Waals surface area contributed by atoms with Gasteiger partial charge >= 0.3 is 5.97 Å². The van der Waals surface area contributed by atoms with Gasteiger partial charge in [-0.2, -0.15) is 4.98 Å². The molecule has 3 aromatic rings. The van der Waals surface area contributed by atoms with Crippen molar-refractivity contribution in [1.29, 1.82) is 0 Å². The number of carboxylic acid groups (broad SMARTS) is 1. The Labute approximate surface area is 166 Å². The molecule has 6 N–H and O–H groups in total. The van der Waals surface area contributed by atoms with Crippen LogP contribution in [0.2, 0.25) is 0 Å². The summed E-state index contributed by atoms with van der Waals surface area (Å²) in [6.07, 6.45) is 4.05. The topological polar surface area (TPSA) is 154 Å². The van der Waals surface area contributed by atoms with Crippen LogP contribution in [0.1, 0.15) is 41.3 Å². The number of anilines is 1. The molecule has 0 radical (unpaired) electrons. The lowest BCUT2D eigenvalue weighted by molar-refractivity contribution is -0.139. The molecule has 1 amide bonds. The van der Waals surface area contributed by atoms with E-state index in [1.165, 1.54) is 0 Å². The fraction of sp³-hybridized carbons (Fsp3) is 0.300. The smallest absolute Gasteiger partial charge is 0.326 e. The van der Waals surface area contributed by atoms with Gasteiger partial charge in [0, 0.05) is 11.8 Å². The first kappa shape index (κ1) is 20.1. The SMILES string of the molecule is CCC[C@H](NC(=O)c1ccc(CCc2c[nH]c3nc(N)[nH]c(=O)c23)cc1)C(=O)O. The first-order chi connectivity index (χ1) is 13.9. The van der Waals surface area contributed by atoms with E-state index in [2.05, 4.69) is 20.3 Å². The molecule has 1 atom stereocenters. The minimum absolute atomic E-state index is 0.0637. The van der Waals surface area contributed by atoms with Gasteiger partial charge in [-0.15, -0.1) is 0 Å². The van der Waals surface area contributed by atoms with Crippen LogP contribution in [0.5, 0.6) is 0 Å². The van der Waals surface area contributed by atoms with Gasteiger partial charge in [0.25, 0.3) is 11.5 Å². The van der Waals surface area contributed by atoms with E-state index in [0.717, 1.165) is 11.1 Å². The molecule has 0 unspecified atom stereocenters. The summed E-state index contributed by atoms with van der Waals surface area (Å²) in [5, 5.41) is 12.2. The molecular formula is C20H23N5O4. The molecule has 9 heteroatoms. The molecule has 0 aliphatic rings. The quantitative estimate of drug-likeness (QED) is 0.389. The molecule has 2 aromatic heterocycles. The summed E-state index contributed by atoms with van der Waals surface area (Å²) in [4.78, 5) is 45.1. The van der Waals surface area contributed by atoms with Crippen LogP contribution in [0.3, 0.4) is 0 Å². The van der Waals surface area contributed by atoms with Crippen molar-refractivity contribution in [3.8, 4) is 0 Å². The van der Waals surface area contributed by atoms with Crippen molar-refractivity contribution in [2.24, 2.45) is 0 Å². The van der Waals surface area contributed by atoms with Crippen LogP contribution in [0, 0.1) is 0 Å². The second-order valence-corrected chi connectivity index (χ2v) is 6.84. The monoisotopic (exact) mass is 397 g/mol. The third-order valence-electron chi connectivity index (χ3n) is 4.72. The molecule has 3 rings (SSSR count). The average Bonchev–Trinajstić information content (AvgIpc) is 3.09. The summed E-state index contributed by atoms with van der Waals surface area (Å²) in [6, 6.07) is 6.08. The predicted molar refractivity (Wildman–Crippen MR) is 109 cm³/mol. The second kappa shape index (κ2) is 8.59. The number of nitrogen functional groups attached to an aromatic ring is 1. The van der Waals surface area contributed by atoms with Crippen molar-refractivity contribution in [3.63, 3.8) is 0 Å². The number of rotatable bonds is 8. The Balaban J connectivity index is 1.66. The van der Waals surface area contributed by atoms with E-state index in [0.29, 0.717) is 42.3 Å². The molecule has 0 saturated heterocycles. The van der Waals surface area contributed by atoms with Gasteiger partial charge in [0.15, 0.2) is 0 Å². The molecule has 152 valence electrons. The predicted octanol–water partition coefficient (Wildman–Crippen LogP) is 1.60. The number of fused-ring (bicyclic) bond motifs is 1. The number of hydrogen-bond acceptors (Lipinski definition) is 5. The maximum Gasteiger partial charge on any atom is 0.326 e. The molecule has 0 saturated carbocycles. The highest BCUT2D eigenvalue weighted by Gasteiger charge is 2.19. The minimum Gasteiger partial charge on any atom is -0.480 e. The highest BCUT2D eigenvalue weighted by Crippen LogP contribution is 2.16. The fourth-order valence-corrected chi connectivity index (χ4v) is 3.21. The Kier molecular flexibility index (Phi) is 5.96. The zero-order chi connectivity index (χ0) is 21.0. The lowest BCUT2D eigenvalue weighted by Gasteiger charge is -2.13. The van der Waals surface area contributed by atoms with E-state index in [1.807, 2.05) is 19.1 Å². The molecule has 1 aromatic carbocycles. The highest BCUT2D eigenvalue weighted by molar-refractivity contribution is 5.96. The minimum atomic E-state index is -1.04. The van der Waals surface area contributed by atoms with Gasteiger partial charge in [-0.1, -0.05) is 25.5 Å². The van der Waals surface area contributed by atoms with Crippen LogP contribution < -0.4 is 16.6 Å². The van der Waals surface area contributed by atoms with Crippen molar-refractivity contribution in [1.82, 2.24) is 20.3 Å². The number of nitrogens with one attached hydrogen (secondary N) is 3. The van der Waals surface area contributed by atoms with Gasteiger partial charge < -0.3 is 21.1 Å². The molecule has 0 aliphatic heterocycles. The summed E-state index contributed by atoms with van der Waals surface area (Å²) in [6.45, 7) is 1.86. The fourth-order valence-electron chi connectivity index (χ4n) is 3.21. The van der Waals surface area contributed by atoms with Crippen LogP contribution in [-0.4, -0.2) is 38.0 Å². The largest absolute Gasteiger partial charge is 0.480 e. The zero-order valence-electron chi connectivity index (χ0n) is 16.0. The Morgan fingerprint density at radius 3 is 2.62 bits per heavy atom. The van der Waals surface area contributed by atoms with E-state index < -0.39 is 17.9 Å². The number of amides is 1.